The third kappa shape index (κ3) is 6.32. The van der Waals surface area contributed by atoms with E-state index < -0.39 is 0 Å². The number of nitrogens with zero attached hydrogens (tertiary/aromatic N) is 1. The number of rotatable bonds is 8. The molecule has 1 amide bonds. The summed E-state index contributed by atoms with van der Waals surface area (Å²) < 4.78 is 0. The van der Waals surface area contributed by atoms with Crippen molar-refractivity contribution in [3.8, 4) is 0 Å². The van der Waals surface area contributed by atoms with Gasteiger partial charge in [0.1, 0.15) is 0 Å². The summed E-state index contributed by atoms with van der Waals surface area (Å²) in [4.78, 5) is 14.0. The van der Waals surface area contributed by atoms with Gasteiger partial charge in [0, 0.05) is 13.1 Å². The minimum atomic E-state index is 0.206. The lowest BCUT2D eigenvalue weighted by atomic mass is 10.1. The average Bonchev–Trinajstić information content (AvgIpc) is 2.75. The lowest BCUT2D eigenvalue weighted by Gasteiger charge is -2.15. The van der Waals surface area contributed by atoms with Crippen LogP contribution in [0, 0.1) is 5.92 Å². The van der Waals surface area contributed by atoms with Gasteiger partial charge in [-0.05, 0) is 44.0 Å². The topological polar surface area (TPSA) is 32.3 Å². The van der Waals surface area contributed by atoms with Crippen LogP contribution in [0.3, 0.4) is 0 Å². The fraction of sp³-hybridized carbons (Fsp3) is 0.923. The summed E-state index contributed by atoms with van der Waals surface area (Å²) >= 11 is 1.73. The molecule has 1 N–H and O–H groups in total. The molecule has 0 aromatic carbocycles. The van der Waals surface area contributed by atoms with E-state index in [1.165, 1.54) is 25.9 Å². The molecule has 0 bridgehead atoms. The van der Waals surface area contributed by atoms with Gasteiger partial charge in [0.05, 0.1) is 5.75 Å². The van der Waals surface area contributed by atoms with Gasteiger partial charge in [-0.15, -0.1) is 0 Å². The van der Waals surface area contributed by atoms with E-state index in [2.05, 4.69) is 24.1 Å². The molecule has 1 heterocycles. The number of carbonyl (C=O) groups excluding carboxylic acids is 1. The van der Waals surface area contributed by atoms with E-state index in [0.717, 1.165) is 25.3 Å². The third-order valence-corrected chi connectivity index (χ3v) is 4.24. The van der Waals surface area contributed by atoms with Gasteiger partial charge < -0.3 is 10.2 Å². The maximum atomic E-state index is 11.5. The molecule has 100 valence electrons. The number of amides is 1. The molecule has 1 atom stereocenters. The first-order valence-corrected chi connectivity index (χ1v) is 7.98. The Bertz CT molecular complexity index is 223. The minimum absolute atomic E-state index is 0.206. The first-order valence-electron chi connectivity index (χ1n) is 6.83. The highest BCUT2D eigenvalue weighted by molar-refractivity contribution is 7.99. The predicted octanol–water partition coefficient (Wildman–Crippen LogP) is 1.98. The first kappa shape index (κ1) is 14.8. The lowest BCUT2D eigenvalue weighted by molar-refractivity contribution is -0.118. The van der Waals surface area contributed by atoms with E-state index in [0.29, 0.717) is 11.7 Å². The van der Waals surface area contributed by atoms with Crippen molar-refractivity contribution in [3.63, 3.8) is 0 Å². The van der Waals surface area contributed by atoms with Gasteiger partial charge in [-0.2, -0.15) is 11.8 Å². The molecule has 0 radical (unpaired) electrons. The molecule has 1 saturated heterocycles. The molecule has 4 heteroatoms. The number of nitrogens with one attached hydrogen (secondary N) is 1. The number of hydrogen-bond donors (Lipinski definition) is 1. The van der Waals surface area contributed by atoms with Crippen molar-refractivity contribution in [3.05, 3.63) is 0 Å². The molecule has 1 fully saturated rings. The number of carbonyl (C=O) groups is 1. The molecule has 1 aliphatic heterocycles. The van der Waals surface area contributed by atoms with Crippen molar-refractivity contribution in [2.75, 3.05) is 37.7 Å². The highest BCUT2D eigenvalue weighted by atomic mass is 32.2. The maximum absolute atomic E-state index is 11.5. The number of likely N-dealkylation sites (tertiary alicyclic amines) is 1. The summed E-state index contributed by atoms with van der Waals surface area (Å²) in [7, 11) is 0. The van der Waals surface area contributed by atoms with Gasteiger partial charge in [0.25, 0.3) is 0 Å². The van der Waals surface area contributed by atoms with E-state index in [1.807, 2.05) is 0 Å². The molecule has 0 spiro atoms. The lowest BCUT2D eigenvalue weighted by Crippen LogP contribution is -2.32. The van der Waals surface area contributed by atoms with Crippen LogP contribution in [0.25, 0.3) is 0 Å². The molecule has 0 unspecified atom stereocenters. The fourth-order valence-corrected chi connectivity index (χ4v) is 2.94. The molecular formula is C13H26N2OS. The van der Waals surface area contributed by atoms with Crippen LogP contribution in [0.2, 0.25) is 0 Å². The van der Waals surface area contributed by atoms with Crippen LogP contribution < -0.4 is 5.32 Å². The van der Waals surface area contributed by atoms with Gasteiger partial charge in [0.15, 0.2) is 0 Å². The van der Waals surface area contributed by atoms with Gasteiger partial charge in [-0.1, -0.05) is 13.8 Å². The maximum Gasteiger partial charge on any atom is 0.230 e. The van der Waals surface area contributed by atoms with Crippen LogP contribution in [0.1, 0.15) is 33.1 Å². The zero-order valence-electron chi connectivity index (χ0n) is 11.2. The Morgan fingerprint density at radius 3 is 2.94 bits per heavy atom. The van der Waals surface area contributed by atoms with Crippen LogP contribution in [0.15, 0.2) is 0 Å². The normalized spacial score (nSPS) is 20.7. The SMILES string of the molecule is CCCSCC(=O)NC[C@H]1CCN(CCC)C1. The summed E-state index contributed by atoms with van der Waals surface area (Å²) in [6.07, 6.45) is 3.61. The second kappa shape index (κ2) is 8.81. The van der Waals surface area contributed by atoms with E-state index in [1.54, 1.807) is 11.8 Å². The van der Waals surface area contributed by atoms with Crippen LogP contribution >= 0.6 is 11.8 Å². The molecule has 0 aliphatic carbocycles. The summed E-state index contributed by atoms with van der Waals surface area (Å²) in [6, 6.07) is 0. The third-order valence-electron chi connectivity index (χ3n) is 3.08. The first-order chi connectivity index (χ1) is 8.26. The van der Waals surface area contributed by atoms with Crippen molar-refractivity contribution < 1.29 is 4.79 Å². The van der Waals surface area contributed by atoms with Crippen LogP contribution in [0.5, 0.6) is 0 Å². The molecule has 3 nitrogen and oxygen atoms in total. The Kier molecular flexibility index (Phi) is 7.69. The van der Waals surface area contributed by atoms with E-state index in [4.69, 9.17) is 0 Å². The van der Waals surface area contributed by atoms with Crippen LogP contribution in [-0.2, 0) is 4.79 Å². The van der Waals surface area contributed by atoms with Gasteiger partial charge in [-0.3, -0.25) is 4.79 Å². The van der Waals surface area contributed by atoms with Crippen molar-refractivity contribution >= 4 is 17.7 Å². The second-order valence-electron chi connectivity index (χ2n) is 4.81. The van der Waals surface area contributed by atoms with Gasteiger partial charge in [-0.25, -0.2) is 0 Å². The molecular weight excluding hydrogens is 232 g/mol. The van der Waals surface area contributed by atoms with Crippen molar-refractivity contribution in [2.24, 2.45) is 5.92 Å². The monoisotopic (exact) mass is 258 g/mol. The van der Waals surface area contributed by atoms with Gasteiger partial charge in [0.2, 0.25) is 5.91 Å². The zero-order chi connectivity index (χ0) is 12.5. The minimum Gasteiger partial charge on any atom is -0.355 e. The number of thioether (sulfide) groups is 1. The standard InChI is InChI=1S/C13H26N2OS/c1-3-6-15-7-5-12(10-15)9-14-13(16)11-17-8-4-2/h12H,3-11H2,1-2H3,(H,14,16)/t12-/m1/s1. The molecule has 17 heavy (non-hydrogen) atoms. The largest absolute Gasteiger partial charge is 0.355 e. The summed E-state index contributed by atoms with van der Waals surface area (Å²) in [6.45, 7) is 8.81. The predicted molar refractivity (Wildman–Crippen MR) is 75.5 cm³/mol. The highest BCUT2D eigenvalue weighted by Crippen LogP contribution is 2.15. The van der Waals surface area contributed by atoms with E-state index >= 15 is 0 Å². The molecule has 0 aromatic heterocycles. The van der Waals surface area contributed by atoms with Crippen molar-refractivity contribution in [1.82, 2.24) is 10.2 Å². The molecule has 1 aliphatic rings. The van der Waals surface area contributed by atoms with Crippen molar-refractivity contribution in [2.45, 2.75) is 33.1 Å². The Labute approximate surface area is 110 Å². The molecule has 1 rings (SSSR count). The van der Waals surface area contributed by atoms with Gasteiger partial charge >= 0.3 is 0 Å². The summed E-state index contributed by atoms with van der Waals surface area (Å²) in [5, 5.41) is 3.06. The quantitative estimate of drug-likeness (QED) is 0.676. The van der Waals surface area contributed by atoms with E-state index in [-0.39, 0.29) is 5.91 Å². The summed E-state index contributed by atoms with van der Waals surface area (Å²) in [5.74, 6) is 2.58. The molecule has 0 saturated carbocycles. The van der Waals surface area contributed by atoms with E-state index in [9.17, 15) is 4.79 Å². The Balaban J connectivity index is 2.04. The fourth-order valence-electron chi connectivity index (χ4n) is 2.22. The summed E-state index contributed by atoms with van der Waals surface area (Å²) in [5.41, 5.74) is 0. The second-order valence-corrected chi connectivity index (χ2v) is 5.92. The Morgan fingerprint density at radius 2 is 2.24 bits per heavy atom. The van der Waals surface area contributed by atoms with Crippen molar-refractivity contribution in [1.29, 1.82) is 0 Å². The Hall–Kier alpha value is -0.220. The smallest absolute Gasteiger partial charge is 0.230 e. The zero-order valence-corrected chi connectivity index (χ0v) is 12.0. The molecule has 0 aromatic rings. The average molecular weight is 258 g/mol. The van der Waals surface area contributed by atoms with Crippen LogP contribution in [0.4, 0.5) is 0 Å². The highest BCUT2D eigenvalue weighted by Gasteiger charge is 2.21. The number of hydrogen-bond acceptors (Lipinski definition) is 3. The van der Waals surface area contributed by atoms with Crippen LogP contribution in [-0.4, -0.2) is 48.5 Å². The Morgan fingerprint density at radius 1 is 1.41 bits per heavy atom.